The van der Waals surface area contributed by atoms with Crippen LogP contribution < -0.4 is 15.2 Å². The highest BCUT2D eigenvalue weighted by molar-refractivity contribution is 7.71. The molecule has 236 valence electrons. The fourth-order valence-electron chi connectivity index (χ4n) is 5.85. The lowest BCUT2D eigenvalue weighted by Gasteiger charge is -2.23. The number of carboxylic acids is 1. The van der Waals surface area contributed by atoms with Crippen molar-refractivity contribution in [2.24, 2.45) is 0 Å². The van der Waals surface area contributed by atoms with E-state index in [9.17, 15) is 24.6 Å². The average Bonchev–Trinajstić information content (AvgIpc) is 3.22. The molecular formula is C37H30N2O7S. The van der Waals surface area contributed by atoms with Crippen LogP contribution in [0.5, 0.6) is 11.5 Å². The molecule has 10 heteroatoms. The molecule has 2 N–H and O–H groups in total. The maximum Gasteiger partial charge on any atom is 0.420 e. The highest BCUT2D eigenvalue weighted by atomic mass is 32.1. The first-order valence-corrected chi connectivity index (χ1v) is 15.3. The van der Waals surface area contributed by atoms with Gasteiger partial charge in [-0.15, -0.1) is 0 Å². The summed E-state index contributed by atoms with van der Waals surface area (Å²) < 4.78 is 13.4. The first-order valence-electron chi connectivity index (χ1n) is 14.9. The van der Waals surface area contributed by atoms with Crippen LogP contribution in [0.15, 0.2) is 102 Å². The van der Waals surface area contributed by atoms with Gasteiger partial charge in [0.2, 0.25) is 0 Å². The van der Waals surface area contributed by atoms with Gasteiger partial charge in [0.1, 0.15) is 22.7 Å². The minimum Gasteiger partial charge on any atom is -0.494 e. The molecule has 0 saturated carbocycles. The van der Waals surface area contributed by atoms with Gasteiger partial charge in [-0.2, -0.15) is 4.57 Å². The molecule has 0 spiro atoms. The van der Waals surface area contributed by atoms with Gasteiger partial charge < -0.3 is 19.7 Å². The summed E-state index contributed by atoms with van der Waals surface area (Å²) in [6.07, 6.45) is 4.27. The Bertz CT molecular complexity index is 2120. The number of rotatable bonds is 9. The number of ether oxygens (including phenoxy) is 2. The van der Waals surface area contributed by atoms with Crippen LogP contribution in [-0.2, 0) is 13.2 Å². The standard InChI is InChI=1S/C37H30N2O7S/c1-2-45-28-17-27(35(40)41)18-29(19-28)46-22-24-9-7-8-23(16-24)20-38-21-32(34(47)39(36(38)42)37(43)44)33-30-12-5-3-10-25(30)14-15-26-11-4-6-13-31(26)33/h3-19,21,33H,2,20,22H2,1H3,(H,40,41)(H,43,44). The van der Waals surface area contributed by atoms with Gasteiger partial charge in [0.25, 0.3) is 0 Å². The Hall–Kier alpha value is -5.74. The molecule has 0 atom stereocenters. The van der Waals surface area contributed by atoms with Crippen molar-refractivity contribution in [2.45, 2.75) is 26.0 Å². The number of hydrogen-bond acceptors (Lipinski definition) is 6. The van der Waals surface area contributed by atoms with Crippen molar-refractivity contribution in [1.29, 1.82) is 0 Å². The second-order valence-electron chi connectivity index (χ2n) is 11.0. The van der Waals surface area contributed by atoms with E-state index in [1.807, 2.05) is 84.9 Å². The molecule has 1 heterocycles. The molecule has 1 aromatic heterocycles. The molecule has 1 aliphatic carbocycles. The molecule has 0 aliphatic heterocycles. The lowest BCUT2D eigenvalue weighted by Crippen LogP contribution is -2.36. The normalized spacial score (nSPS) is 12.1. The Morgan fingerprint density at radius 3 is 2.02 bits per heavy atom. The summed E-state index contributed by atoms with van der Waals surface area (Å²) in [4.78, 5) is 37.6. The fourth-order valence-corrected chi connectivity index (χ4v) is 6.17. The molecule has 1 aliphatic rings. The molecule has 0 bridgehead atoms. The van der Waals surface area contributed by atoms with Crippen molar-refractivity contribution in [3.05, 3.63) is 157 Å². The average molecular weight is 647 g/mol. The second kappa shape index (κ2) is 13.3. The van der Waals surface area contributed by atoms with E-state index in [0.29, 0.717) is 28.2 Å². The first kappa shape index (κ1) is 31.3. The fraction of sp³-hybridized carbons (Fsp3) is 0.135. The molecule has 47 heavy (non-hydrogen) atoms. The summed E-state index contributed by atoms with van der Waals surface area (Å²) in [7, 11) is 0. The quantitative estimate of drug-likeness (QED) is 0.157. The summed E-state index contributed by atoms with van der Waals surface area (Å²) in [5, 5.41) is 19.6. The molecule has 0 amide bonds. The third kappa shape index (κ3) is 6.49. The molecular weight excluding hydrogens is 616 g/mol. The molecule has 6 rings (SSSR count). The van der Waals surface area contributed by atoms with Crippen molar-refractivity contribution < 1.29 is 29.3 Å². The monoisotopic (exact) mass is 646 g/mol. The first-order chi connectivity index (χ1) is 22.7. The number of fused-ring (bicyclic) bond motifs is 2. The Balaban J connectivity index is 1.37. The van der Waals surface area contributed by atoms with Gasteiger partial charge in [-0.3, -0.25) is 4.57 Å². The van der Waals surface area contributed by atoms with Crippen molar-refractivity contribution >= 4 is 36.4 Å². The SMILES string of the molecule is CCOc1cc(OCc2cccc(Cn3cc(C4c5ccccc5C=Cc5ccccc54)c(=S)n(C(=O)O)c3=O)c2)cc(C(=O)O)c1. The largest absolute Gasteiger partial charge is 0.494 e. The van der Waals surface area contributed by atoms with Crippen LogP contribution in [-0.4, -0.2) is 38.0 Å². The Kier molecular flexibility index (Phi) is 8.86. The number of carbonyl (C=O) groups is 2. The third-order valence-electron chi connectivity index (χ3n) is 7.93. The maximum atomic E-state index is 13.6. The van der Waals surface area contributed by atoms with E-state index in [2.05, 4.69) is 0 Å². The van der Waals surface area contributed by atoms with Crippen LogP contribution in [0.3, 0.4) is 0 Å². The van der Waals surface area contributed by atoms with E-state index in [-0.39, 0.29) is 23.4 Å². The zero-order valence-corrected chi connectivity index (χ0v) is 26.1. The summed E-state index contributed by atoms with van der Waals surface area (Å²) in [6.45, 7) is 2.36. The summed E-state index contributed by atoms with van der Waals surface area (Å²) in [5.41, 5.74) is 5.12. The van der Waals surface area contributed by atoms with Gasteiger partial charge >= 0.3 is 17.8 Å². The van der Waals surface area contributed by atoms with Crippen LogP contribution in [0, 0.1) is 4.64 Å². The van der Waals surface area contributed by atoms with Gasteiger partial charge in [-0.25, -0.2) is 14.4 Å². The number of hydrogen-bond donors (Lipinski definition) is 2. The Morgan fingerprint density at radius 1 is 0.787 bits per heavy atom. The van der Waals surface area contributed by atoms with Crippen molar-refractivity contribution in [1.82, 2.24) is 9.13 Å². The predicted molar refractivity (Wildman–Crippen MR) is 180 cm³/mol. The van der Waals surface area contributed by atoms with E-state index in [1.165, 1.54) is 16.7 Å². The van der Waals surface area contributed by atoms with Crippen LogP contribution in [0.4, 0.5) is 4.79 Å². The summed E-state index contributed by atoms with van der Waals surface area (Å²) in [5.74, 6) is -0.802. The third-order valence-corrected chi connectivity index (χ3v) is 8.35. The lowest BCUT2D eigenvalue weighted by atomic mass is 9.83. The number of aromatic carboxylic acids is 1. The Morgan fingerprint density at radius 2 is 1.40 bits per heavy atom. The predicted octanol–water partition coefficient (Wildman–Crippen LogP) is 7.29. The molecule has 9 nitrogen and oxygen atoms in total. The van der Waals surface area contributed by atoms with E-state index in [1.54, 1.807) is 19.2 Å². The van der Waals surface area contributed by atoms with Gasteiger partial charge in [0.15, 0.2) is 0 Å². The molecule has 0 unspecified atom stereocenters. The minimum absolute atomic E-state index is 0.0431. The van der Waals surface area contributed by atoms with Crippen LogP contribution in [0.1, 0.15) is 62.1 Å². The topological polar surface area (TPSA) is 120 Å². The summed E-state index contributed by atoms with van der Waals surface area (Å²) in [6, 6.07) is 27.6. The van der Waals surface area contributed by atoms with Crippen molar-refractivity contribution in [2.75, 3.05) is 6.61 Å². The molecule has 4 aromatic carbocycles. The van der Waals surface area contributed by atoms with Gasteiger partial charge in [-0.1, -0.05) is 97.2 Å². The number of carboxylic acid groups (broad SMARTS) is 2. The molecule has 0 saturated heterocycles. The molecule has 5 aromatic rings. The van der Waals surface area contributed by atoms with Gasteiger partial charge in [0.05, 0.1) is 18.7 Å². The smallest absolute Gasteiger partial charge is 0.420 e. The van der Waals surface area contributed by atoms with Gasteiger partial charge in [0, 0.05) is 23.7 Å². The second-order valence-corrected chi connectivity index (χ2v) is 11.4. The lowest BCUT2D eigenvalue weighted by molar-refractivity contribution is 0.0695. The zero-order chi connectivity index (χ0) is 33.1. The van der Waals surface area contributed by atoms with Crippen LogP contribution in [0.2, 0.25) is 0 Å². The highest BCUT2D eigenvalue weighted by Crippen LogP contribution is 2.39. The number of aromatic nitrogens is 2. The van der Waals surface area contributed by atoms with E-state index in [0.717, 1.165) is 33.4 Å². The number of benzene rings is 4. The van der Waals surface area contributed by atoms with E-state index in [4.69, 9.17) is 21.7 Å². The Labute approximate surface area is 275 Å². The highest BCUT2D eigenvalue weighted by Gasteiger charge is 2.27. The molecule has 0 fully saturated rings. The maximum absolute atomic E-state index is 13.6. The van der Waals surface area contributed by atoms with Crippen molar-refractivity contribution in [3.63, 3.8) is 0 Å². The summed E-state index contributed by atoms with van der Waals surface area (Å²) >= 11 is 5.70. The molecule has 0 radical (unpaired) electrons. The van der Waals surface area contributed by atoms with Crippen LogP contribution in [0.25, 0.3) is 12.2 Å². The minimum atomic E-state index is -1.46. The van der Waals surface area contributed by atoms with Crippen molar-refractivity contribution in [3.8, 4) is 11.5 Å². The zero-order valence-electron chi connectivity index (χ0n) is 25.3. The van der Waals surface area contributed by atoms with Gasteiger partial charge in [-0.05, 0) is 52.4 Å². The van der Waals surface area contributed by atoms with E-state index < -0.39 is 23.7 Å². The van der Waals surface area contributed by atoms with E-state index >= 15 is 0 Å². The van der Waals surface area contributed by atoms with Crippen LogP contribution >= 0.6 is 12.2 Å². The number of nitrogens with zero attached hydrogens (tertiary/aromatic N) is 2.